The van der Waals surface area contributed by atoms with Crippen LogP contribution in [0.4, 0.5) is 0 Å². The van der Waals surface area contributed by atoms with Crippen LogP contribution < -0.4 is 0 Å². The van der Waals surface area contributed by atoms with Crippen LogP contribution >= 0.6 is 0 Å². The Morgan fingerprint density at radius 3 is 2.67 bits per heavy atom. The maximum atomic E-state index is 4.37. The van der Waals surface area contributed by atoms with Gasteiger partial charge in [0.1, 0.15) is 11.3 Å². The highest BCUT2D eigenvalue weighted by Crippen LogP contribution is 2.16. The van der Waals surface area contributed by atoms with E-state index in [1.807, 2.05) is 20.2 Å². The zero-order chi connectivity index (χ0) is 8.72. The van der Waals surface area contributed by atoms with Crippen molar-refractivity contribution in [1.82, 2.24) is 14.5 Å². The van der Waals surface area contributed by atoms with Crippen LogP contribution in [0, 0.1) is 13.8 Å². The van der Waals surface area contributed by atoms with E-state index in [-0.39, 0.29) is 0 Å². The van der Waals surface area contributed by atoms with E-state index < -0.39 is 0 Å². The van der Waals surface area contributed by atoms with Crippen molar-refractivity contribution in [2.24, 2.45) is 7.05 Å². The van der Waals surface area contributed by atoms with Crippen LogP contribution in [0.15, 0.2) is 12.4 Å². The van der Waals surface area contributed by atoms with Crippen LogP contribution in [0.2, 0.25) is 0 Å². The lowest BCUT2D eigenvalue weighted by atomic mass is 10.3. The molecule has 0 aliphatic rings. The monoisotopic (exact) mass is 161 g/mol. The van der Waals surface area contributed by atoms with Gasteiger partial charge in [0.2, 0.25) is 0 Å². The van der Waals surface area contributed by atoms with Gasteiger partial charge in [-0.1, -0.05) is 0 Å². The molecule has 0 radical (unpaired) electrons. The Hall–Kier alpha value is -1.38. The van der Waals surface area contributed by atoms with E-state index in [0.29, 0.717) is 0 Å². The molecule has 0 saturated carbocycles. The summed E-state index contributed by atoms with van der Waals surface area (Å²) in [6.07, 6.45) is 3.67. The molecule has 0 aliphatic heterocycles. The largest absolute Gasteiger partial charge is 0.331 e. The minimum Gasteiger partial charge on any atom is -0.331 e. The normalized spacial score (nSPS) is 10.9. The Morgan fingerprint density at radius 1 is 1.25 bits per heavy atom. The predicted octanol–water partition coefficient (Wildman–Crippen LogP) is 1.59. The zero-order valence-electron chi connectivity index (χ0n) is 7.50. The number of pyridine rings is 1. The number of hydrogen-bond donors (Lipinski definition) is 0. The smallest absolute Gasteiger partial charge is 0.107 e. The molecule has 2 aromatic heterocycles. The molecule has 0 aromatic carbocycles. The summed E-state index contributed by atoms with van der Waals surface area (Å²) in [5.41, 5.74) is 3.34. The summed E-state index contributed by atoms with van der Waals surface area (Å²) in [7, 11) is 2.03. The number of hydrogen-bond acceptors (Lipinski definition) is 2. The summed E-state index contributed by atoms with van der Waals surface area (Å²) in [6, 6.07) is 0. The first-order chi connectivity index (χ1) is 5.70. The maximum Gasteiger partial charge on any atom is 0.107 e. The summed E-state index contributed by atoms with van der Waals surface area (Å²) in [6.45, 7) is 4.05. The average Bonchev–Trinajstić information content (AvgIpc) is 2.29. The van der Waals surface area contributed by atoms with Crippen LogP contribution in [0.3, 0.4) is 0 Å². The molecule has 62 valence electrons. The molecule has 0 saturated heterocycles. The van der Waals surface area contributed by atoms with Crippen molar-refractivity contribution < 1.29 is 0 Å². The second kappa shape index (κ2) is 2.30. The van der Waals surface area contributed by atoms with Gasteiger partial charge in [-0.05, 0) is 19.4 Å². The third-order valence-electron chi connectivity index (χ3n) is 2.18. The minimum atomic E-state index is 0.981. The number of aryl methyl sites for hydroxylation is 3. The third-order valence-corrected chi connectivity index (χ3v) is 2.18. The molecule has 0 spiro atoms. The van der Waals surface area contributed by atoms with Gasteiger partial charge in [0.05, 0.1) is 11.7 Å². The Kier molecular flexibility index (Phi) is 1.40. The first-order valence-electron chi connectivity index (χ1n) is 3.94. The fourth-order valence-electron chi connectivity index (χ4n) is 1.47. The predicted molar refractivity (Wildman–Crippen MR) is 48.0 cm³/mol. The quantitative estimate of drug-likeness (QED) is 0.587. The van der Waals surface area contributed by atoms with Gasteiger partial charge in [-0.15, -0.1) is 0 Å². The van der Waals surface area contributed by atoms with Gasteiger partial charge in [0.25, 0.3) is 0 Å². The number of nitrogens with zero attached hydrogens (tertiary/aromatic N) is 3. The van der Waals surface area contributed by atoms with Crippen LogP contribution in [0.5, 0.6) is 0 Å². The van der Waals surface area contributed by atoms with Crippen molar-refractivity contribution in [3.05, 3.63) is 23.8 Å². The molecule has 0 fully saturated rings. The van der Waals surface area contributed by atoms with E-state index >= 15 is 0 Å². The van der Waals surface area contributed by atoms with Crippen molar-refractivity contribution in [2.75, 3.05) is 0 Å². The molecule has 0 unspecified atom stereocenters. The van der Waals surface area contributed by atoms with E-state index in [4.69, 9.17) is 0 Å². The van der Waals surface area contributed by atoms with Gasteiger partial charge >= 0.3 is 0 Å². The van der Waals surface area contributed by atoms with Crippen LogP contribution in [-0.4, -0.2) is 14.5 Å². The zero-order valence-corrected chi connectivity index (χ0v) is 7.50. The summed E-state index contributed by atoms with van der Waals surface area (Å²) in [5.74, 6) is 1.03. The number of aromatic nitrogens is 3. The molecule has 2 heterocycles. The van der Waals surface area contributed by atoms with E-state index in [2.05, 4.69) is 21.5 Å². The van der Waals surface area contributed by atoms with Crippen LogP contribution in [0.1, 0.15) is 11.4 Å². The summed E-state index contributed by atoms with van der Waals surface area (Å²) >= 11 is 0. The highest BCUT2D eigenvalue weighted by Gasteiger charge is 2.05. The van der Waals surface area contributed by atoms with E-state index in [0.717, 1.165) is 11.3 Å². The Balaban J connectivity index is 2.97. The fraction of sp³-hybridized carbons (Fsp3) is 0.333. The molecule has 0 aliphatic carbocycles. The first kappa shape index (κ1) is 7.28. The van der Waals surface area contributed by atoms with Gasteiger partial charge in [0, 0.05) is 13.2 Å². The van der Waals surface area contributed by atoms with E-state index in [9.17, 15) is 0 Å². The minimum absolute atomic E-state index is 0.981. The Labute approximate surface area is 71.1 Å². The van der Waals surface area contributed by atoms with Crippen LogP contribution in [-0.2, 0) is 7.05 Å². The standard InChI is InChI=1S/C9H11N3/c1-6-4-10-5-8-9(6)12(3)7(2)11-8/h4-5H,1-3H3. The Morgan fingerprint density at radius 2 is 2.00 bits per heavy atom. The highest BCUT2D eigenvalue weighted by molar-refractivity contribution is 5.78. The topological polar surface area (TPSA) is 30.7 Å². The molecule has 0 N–H and O–H groups in total. The summed E-state index contributed by atoms with van der Waals surface area (Å²) < 4.78 is 2.09. The van der Waals surface area contributed by atoms with Gasteiger partial charge in [-0.3, -0.25) is 4.98 Å². The molecule has 3 heteroatoms. The lowest BCUT2D eigenvalue weighted by Crippen LogP contribution is -1.92. The van der Waals surface area contributed by atoms with Crippen molar-refractivity contribution in [1.29, 1.82) is 0 Å². The molecule has 0 bridgehead atoms. The molecular weight excluding hydrogens is 150 g/mol. The summed E-state index contributed by atoms with van der Waals surface area (Å²) in [4.78, 5) is 8.46. The van der Waals surface area contributed by atoms with Gasteiger partial charge in [-0.25, -0.2) is 4.98 Å². The average molecular weight is 161 g/mol. The fourth-order valence-corrected chi connectivity index (χ4v) is 1.47. The molecule has 12 heavy (non-hydrogen) atoms. The van der Waals surface area contributed by atoms with Gasteiger partial charge in [0.15, 0.2) is 0 Å². The number of fused-ring (bicyclic) bond motifs is 1. The molecular formula is C9H11N3. The maximum absolute atomic E-state index is 4.37. The second-order valence-electron chi connectivity index (χ2n) is 3.04. The Bertz CT molecular complexity index is 429. The van der Waals surface area contributed by atoms with E-state index in [1.54, 1.807) is 6.20 Å². The highest BCUT2D eigenvalue weighted by atomic mass is 15.1. The van der Waals surface area contributed by atoms with Crippen molar-refractivity contribution >= 4 is 11.0 Å². The lowest BCUT2D eigenvalue weighted by molar-refractivity contribution is 0.883. The van der Waals surface area contributed by atoms with Crippen LogP contribution in [0.25, 0.3) is 11.0 Å². The number of rotatable bonds is 0. The summed E-state index contributed by atoms with van der Waals surface area (Å²) in [5, 5.41) is 0. The van der Waals surface area contributed by atoms with E-state index in [1.165, 1.54) is 11.1 Å². The third kappa shape index (κ3) is 0.826. The molecule has 0 atom stereocenters. The van der Waals surface area contributed by atoms with Crippen molar-refractivity contribution in [2.45, 2.75) is 13.8 Å². The van der Waals surface area contributed by atoms with Crippen molar-refractivity contribution in [3.63, 3.8) is 0 Å². The molecule has 0 amide bonds. The van der Waals surface area contributed by atoms with Gasteiger partial charge in [-0.2, -0.15) is 0 Å². The lowest BCUT2D eigenvalue weighted by Gasteiger charge is -1.98. The molecule has 2 rings (SSSR count). The van der Waals surface area contributed by atoms with Crippen molar-refractivity contribution in [3.8, 4) is 0 Å². The van der Waals surface area contributed by atoms with Gasteiger partial charge < -0.3 is 4.57 Å². The molecule has 3 nitrogen and oxygen atoms in total. The molecule has 2 aromatic rings. The number of imidazole rings is 1. The first-order valence-corrected chi connectivity index (χ1v) is 3.94. The second-order valence-corrected chi connectivity index (χ2v) is 3.04. The SMILES string of the molecule is Cc1cncc2nc(C)n(C)c12.